The van der Waals surface area contributed by atoms with E-state index in [1.54, 1.807) is 6.07 Å². The summed E-state index contributed by atoms with van der Waals surface area (Å²) in [7, 11) is 0. The van der Waals surface area contributed by atoms with Crippen molar-refractivity contribution < 1.29 is 4.79 Å². The molecule has 2 unspecified atom stereocenters. The number of amides is 1. The zero-order valence-electron chi connectivity index (χ0n) is 13.6. The minimum absolute atomic E-state index is 0.00688. The van der Waals surface area contributed by atoms with Crippen molar-refractivity contribution in [1.29, 1.82) is 0 Å². The van der Waals surface area contributed by atoms with Crippen molar-refractivity contribution >= 4 is 11.6 Å². The lowest BCUT2D eigenvalue weighted by atomic mass is 9.82. The molecule has 5 heteroatoms. The number of piperidine rings is 1. The molecule has 2 atom stereocenters. The van der Waals surface area contributed by atoms with Crippen molar-refractivity contribution in [3.05, 3.63) is 28.2 Å². The first-order chi connectivity index (χ1) is 10.2. The Morgan fingerprint density at radius 2 is 2.00 bits per heavy atom. The van der Waals surface area contributed by atoms with E-state index in [1.165, 1.54) is 0 Å². The number of nitrogen functional groups attached to an aromatic ring is 1. The van der Waals surface area contributed by atoms with Crippen LogP contribution in [0.1, 0.15) is 45.2 Å². The summed E-state index contributed by atoms with van der Waals surface area (Å²) in [5.74, 6) is 0.841. The topological polar surface area (TPSA) is 68.3 Å². The second kappa shape index (κ2) is 5.14. The number of nitrogens with zero attached hydrogens (tertiary/aromatic N) is 2. The van der Waals surface area contributed by atoms with Crippen LogP contribution in [0.2, 0.25) is 0 Å². The molecule has 1 aromatic rings. The van der Waals surface area contributed by atoms with E-state index in [0.717, 1.165) is 25.2 Å². The highest BCUT2D eigenvalue weighted by Gasteiger charge is 2.37. The maximum Gasteiger partial charge on any atom is 0.273 e. The normalized spacial score (nSPS) is 24.0. The first kappa shape index (κ1) is 15.1. The van der Waals surface area contributed by atoms with Gasteiger partial charge >= 0.3 is 0 Å². The lowest BCUT2D eigenvalue weighted by Gasteiger charge is -2.43. The van der Waals surface area contributed by atoms with Crippen molar-refractivity contribution in [3.63, 3.8) is 0 Å². The van der Waals surface area contributed by atoms with Gasteiger partial charge in [0.15, 0.2) is 0 Å². The molecule has 5 nitrogen and oxygen atoms in total. The largest absolute Gasteiger partial charge is 0.394 e. The van der Waals surface area contributed by atoms with Crippen LogP contribution in [0.25, 0.3) is 0 Å². The lowest BCUT2D eigenvalue weighted by Crippen LogP contribution is -2.49. The molecular weight excluding hydrogens is 278 g/mol. The lowest BCUT2D eigenvalue weighted by molar-refractivity contribution is -0.135. The number of fused-ring (bicyclic) bond motifs is 4. The Kier molecular flexibility index (Phi) is 3.54. The maximum atomic E-state index is 12.5. The average Bonchev–Trinajstić information content (AvgIpc) is 2.41. The Labute approximate surface area is 131 Å². The number of pyridine rings is 1. The van der Waals surface area contributed by atoms with E-state index in [1.807, 2.05) is 15.5 Å². The van der Waals surface area contributed by atoms with Gasteiger partial charge in [0.25, 0.3) is 5.56 Å². The summed E-state index contributed by atoms with van der Waals surface area (Å²) < 4.78 is 1.82. The van der Waals surface area contributed by atoms with Crippen LogP contribution in [0.15, 0.2) is 16.9 Å². The molecule has 1 saturated heterocycles. The number of hydrogen-bond acceptors (Lipinski definition) is 3. The van der Waals surface area contributed by atoms with Gasteiger partial charge < -0.3 is 15.2 Å². The fraction of sp³-hybridized carbons (Fsp3) is 0.647. The van der Waals surface area contributed by atoms with Crippen molar-refractivity contribution in [2.24, 2.45) is 11.3 Å². The number of carbonyl (C=O) groups is 1. The van der Waals surface area contributed by atoms with Gasteiger partial charge in [0.05, 0.1) is 5.69 Å². The van der Waals surface area contributed by atoms with Crippen molar-refractivity contribution in [1.82, 2.24) is 9.47 Å². The molecule has 0 spiro atoms. The molecule has 0 aliphatic carbocycles. The number of nitrogens with two attached hydrogens (primary N) is 1. The summed E-state index contributed by atoms with van der Waals surface area (Å²) in [6, 6.07) is 3.65. The zero-order valence-corrected chi connectivity index (χ0v) is 13.6. The van der Waals surface area contributed by atoms with Crippen LogP contribution in [-0.2, 0) is 11.3 Å². The van der Waals surface area contributed by atoms with Gasteiger partial charge in [-0.2, -0.15) is 0 Å². The summed E-state index contributed by atoms with van der Waals surface area (Å²) in [6.45, 7) is 8.42. The van der Waals surface area contributed by atoms with E-state index in [2.05, 4.69) is 20.8 Å². The van der Waals surface area contributed by atoms with Gasteiger partial charge in [-0.3, -0.25) is 9.59 Å². The standard InChI is InChI=1S/C17H25N3O2/c1-17(2,3)7-15(21)19-8-11-6-12(10-19)14-5-4-13(18)16(22)20(14)9-11/h4-5,11-12H,6-10,18H2,1-3H3. The van der Waals surface area contributed by atoms with Crippen LogP contribution in [-0.4, -0.2) is 28.5 Å². The Hall–Kier alpha value is -1.78. The third-order valence-corrected chi connectivity index (χ3v) is 4.67. The molecule has 0 saturated carbocycles. The summed E-state index contributed by atoms with van der Waals surface area (Å²) >= 11 is 0. The summed E-state index contributed by atoms with van der Waals surface area (Å²) in [5, 5.41) is 0. The van der Waals surface area contributed by atoms with Gasteiger partial charge in [-0.1, -0.05) is 20.8 Å². The number of aromatic nitrogens is 1. The number of rotatable bonds is 1. The number of anilines is 1. The van der Waals surface area contributed by atoms with Gasteiger partial charge in [0.1, 0.15) is 0 Å². The van der Waals surface area contributed by atoms with Gasteiger partial charge in [-0.25, -0.2) is 0 Å². The molecule has 2 aliphatic heterocycles. The van der Waals surface area contributed by atoms with E-state index < -0.39 is 0 Å². The highest BCUT2D eigenvalue weighted by molar-refractivity contribution is 5.77. The Bertz CT molecular complexity index is 657. The van der Waals surface area contributed by atoms with E-state index in [-0.39, 0.29) is 22.8 Å². The van der Waals surface area contributed by atoms with Gasteiger partial charge in [0.2, 0.25) is 5.91 Å². The second-order valence-electron chi connectivity index (χ2n) is 7.96. The maximum absolute atomic E-state index is 12.5. The van der Waals surface area contributed by atoms with Crippen LogP contribution in [0.3, 0.4) is 0 Å². The Morgan fingerprint density at radius 3 is 2.68 bits per heavy atom. The summed E-state index contributed by atoms with van der Waals surface area (Å²) in [6.07, 6.45) is 1.63. The Morgan fingerprint density at radius 1 is 1.27 bits per heavy atom. The molecule has 0 radical (unpaired) electrons. The molecule has 22 heavy (non-hydrogen) atoms. The number of hydrogen-bond donors (Lipinski definition) is 1. The van der Waals surface area contributed by atoms with Gasteiger partial charge in [0, 0.05) is 37.7 Å². The molecule has 120 valence electrons. The predicted octanol–water partition coefficient (Wildman–Crippen LogP) is 1.81. The smallest absolute Gasteiger partial charge is 0.273 e. The molecule has 0 aromatic carbocycles. The first-order valence-corrected chi connectivity index (χ1v) is 8.01. The first-order valence-electron chi connectivity index (χ1n) is 8.01. The summed E-state index contributed by atoms with van der Waals surface area (Å²) in [5.41, 5.74) is 7.01. The number of likely N-dealkylation sites (tertiary alicyclic amines) is 1. The van der Waals surface area contributed by atoms with Crippen LogP contribution in [0, 0.1) is 11.3 Å². The third-order valence-electron chi connectivity index (χ3n) is 4.67. The van der Waals surface area contributed by atoms with Gasteiger partial charge in [-0.05, 0) is 29.9 Å². The molecule has 2 N–H and O–H groups in total. The van der Waals surface area contributed by atoms with E-state index in [9.17, 15) is 9.59 Å². The third kappa shape index (κ3) is 2.76. The zero-order chi connectivity index (χ0) is 16.1. The molecule has 1 amide bonds. The minimum atomic E-state index is -0.0818. The van der Waals surface area contributed by atoms with Crippen molar-refractivity contribution in [2.75, 3.05) is 18.8 Å². The van der Waals surface area contributed by atoms with Gasteiger partial charge in [-0.15, -0.1) is 0 Å². The number of carbonyl (C=O) groups excluding carboxylic acids is 1. The highest BCUT2D eigenvalue weighted by Crippen LogP contribution is 2.36. The fourth-order valence-electron chi connectivity index (χ4n) is 3.73. The SMILES string of the molecule is CC(C)(C)CC(=O)N1CC2CC(C1)c1ccc(N)c(=O)n1C2. The molecule has 3 rings (SSSR count). The van der Waals surface area contributed by atoms with Crippen LogP contribution in [0.4, 0.5) is 5.69 Å². The predicted molar refractivity (Wildman–Crippen MR) is 86.6 cm³/mol. The summed E-state index contributed by atoms with van der Waals surface area (Å²) in [4.78, 5) is 26.7. The quantitative estimate of drug-likeness (QED) is 0.860. The molecule has 3 heterocycles. The highest BCUT2D eigenvalue weighted by atomic mass is 16.2. The van der Waals surface area contributed by atoms with Crippen molar-refractivity contribution in [3.8, 4) is 0 Å². The molecule has 2 bridgehead atoms. The molecule has 2 aliphatic rings. The van der Waals surface area contributed by atoms with Crippen molar-refractivity contribution in [2.45, 2.75) is 46.1 Å². The van der Waals surface area contributed by atoms with E-state index >= 15 is 0 Å². The van der Waals surface area contributed by atoms with E-state index in [0.29, 0.717) is 24.6 Å². The molecule has 1 aromatic heterocycles. The minimum Gasteiger partial charge on any atom is -0.394 e. The van der Waals surface area contributed by atoms with Crippen LogP contribution in [0.5, 0.6) is 0 Å². The molecule has 1 fully saturated rings. The average molecular weight is 303 g/mol. The van der Waals surface area contributed by atoms with E-state index in [4.69, 9.17) is 5.73 Å². The fourth-order valence-corrected chi connectivity index (χ4v) is 3.73. The monoisotopic (exact) mass is 303 g/mol. The molecular formula is C17H25N3O2. The van der Waals surface area contributed by atoms with Crippen LogP contribution >= 0.6 is 0 Å². The van der Waals surface area contributed by atoms with Crippen LogP contribution < -0.4 is 11.3 Å². The Balaban J connectivity index is 1.84. The second-order valence-corrected chi connectivity index (χ2v) is 7.96.